The quantitative estimate of drug-likeness (QED) is 0.838. The summed E-state index contributed by atoms with van der Waals surface area (Å²) in [5, 5.41) is 12.8. The molecular weight excluding hydrogens is 250 g/mol. The van der Waals surface area contributed by atoms with Crippen molar-refractivity contribution in [1.82, 2.24) is 5.32 Å². The summed E-state index contributed by atoms with van der Waals surface area (Å²) in [6, 6.07) is 9.75. The van der Waals surface area contributed by atoms with Gasteiger partial charge in [-0.1, -0.05) is 56.5 Å². The Morgan fingerprint density at radius 1 is 1.35 bits per heavy atom. The van der Waals surface area contributed by atoms with Gasteiger partial charge in [-0.15, -0.1) is 0 Å². The van der Waals surface area contributed by atoms with Gasteiger partial charge < -0.3 is 10.4 Å². The molecule has 1 aliphatic carbocycles. The lowest BCUT2D eigenvalue weighted by molar-refractivity contribution is -0.139. The molecule has 20 heavy (non-hydrogen) atoms. The van der Waals surface area contributed by atoms with Crippen LogP contribution >= 0.6 is 0 Å². The fourth-order valence-electron chi connectivity index (χ4n) is 3.17. The summed E-state index contributed by atoms with van der Waals surface area (Å²) in [6.07, 6.45) is 6.50. The third kappa shape index (κ3) is 4.34. The maximum atomic E-state index is 11.5. The summed E-state index contributed by atoms with van der Waals surface area (Å²) in [5.41, 5.74) is 1.08. The molecule has 3 atom stereocenters. The molecule has 1 fully saturated rings. The highest BCUT2D eigenvalue weighted by atomic mass is 16.4. The van der Waals surface area contributed by atoms with E-state index in [0.717, 1.165) is 24.3 Å². The first kappa shape index (κ1) is 15.0. The number of benzene rings is 1. The molecule has 0 spiro atoms. The fraction of sp³-hybridized carbons (Fsp3) is 0.588. The summed E-state index contributed by atoms with van der Waals surface area (Å²) in [6.45, 7) is 2.23. The molecule has 1 saturated carbocycles. The van der Waals surface area contributed by atoms with Gasteiger partial charge in [0, 0.05) is 6.04 Å². The summed E-state index contributed by atoms with van der Waals surface area (Å²) in [7, 11) is 0. The van der Waals surface area contributed by atoms with Crippen LogP contribution in [0, 0.1) is 5.92 Å². The van der Waals surface area contributed by atoms with Crippen LogP contribution in [0.25, 0.3) is 0 Å². The minimum Gasteiger partial charge on any atom is -0.480 e. The van der Waals surface area contributed by atoms with Gasteiger partial charge in [0.25, 0.3) is 0 Å². The molecule has 0 aliphatic heterocycles. The van der Waals surface area contributed by atoms with Crippen LogP contribution in [0.3, 0.4) is 0 Å². The van der Waals surface area contributed by atoms with Gasteiger partial charge in [-0.25, -0.2) is 0 Å². The second-order valence-corrected chi connectivity index (χ2v) is 5.89. The van der Waals surface area contributed by atoms with Crippen molar-refractivity contribution in [3.63, 3.8) is 0 Å². The highest BCUT2D eigenvalue weighted by molar-refractivity contribution is 5.74. The van der Waals surface area contributed by atoms with Crippen molar-refractivity contribution in [2.24, 2.45) is 5.92 Å². The van der Waals surface area contributed by atoms with E-state index in [9.17, 15) is 9.90 Å². The lowest BCUT2D eigenvalue weighted by Crippen LogP contribution is -2.46. The average Bonchev–Trinajstić information content (AvgIpc) is 2.48. The van der Waals surface area contributed by atoms with Crippen LogP contribution in [0.2, 0.25) is 0 Å². The van der Waals surface area contributed by atoms with Crippen molar-refractivity contribution in [1.29, 1.82) is 0 Å². The molecule has 0 saturated heterocycles. The fourth-order valence-corrected chi connectivity index (χ4v) is 3.17. The summed E-state index contributed by atoms with van der Waals surface area (Å²) in [4.78, 5) is 11.5. The second-order valence-electron chi connectivity index (χ2n) is 5.89. The molecule has 110 valence electrons. The van der Waals surface area contributed by atoms with Crippen molar-refractivity contribution in [3.05, 3.63) is 35.9 Å². The van der Waals surface area contributed by atoms with Crippen LogP contribution < -0.4 is 5.32 Å². The Hall–Kier alpha value is -1.35. The van der Waals surface area contributed by atoms with Crippen molar-refractivity contribution < 1.29 is 9.90 Å². The lowest BCUT2D eigenvalue weighted by Gasteiger charge is -2.31. The topological polar surface area (TPSA) is 49.3 Å². The van der Waals surface area contributed by atoms with E-state index in [2.05, 4.69) is 12.2 Å². The van der Waals surface area contributed by atoms with E-state index in [1.54, 1.807) is 0 Å². The number of hydrogen-bond donors (Lipinski definition) is 2. The maximum absolute atomic E-state index is 11.5. The number of carboxylic acid groups (broad SMARTS) is 1. The van der Waals surface area contributed by atoms with E-state index in [-0.39, 0.29) is 0 Å². The van der Waals surface area contributed by atoms with Crippen LogP contribution in [-0.2, 0) is 11.2 Å². The normalized spacial score (nSPS) is 24.2. The predicted octanol–water partition coefficient (Wildman–Crippen LogP) is 3.24. The molecule has 1 aromatic carbocycles. The van der Waals surface area contributed by atoms with E-state index < -0.39 is 12.0 Å². The highest BCUT2D eigenvalue weighted by Crippen LogP contribution is 2.27. The summed E-state index contributed by atoms with van der Waals surface area (Å²) in [5.74, 6) is 0.0138. The van der Waals surface area contributed by atoms with Gasteiger partial charge in [0.2, 0.25) is 0 Å². The van der Waals surface area contributed by atoms with E-state index in [0.29, 0.717) is 12.5 Å². The van der Waals surface area contributed by atoms with Crippen LogP contribution in [0.5, 0.6) is 0 Å². The Morgan fingerprint density at radius 2 is 2.10 bits per heavy atom. The zero-order chi connectivity index (χ0) is 14.4. The van der Waals surface area contributed by atoms with Gasteiger partial charge >= 0.3 is 5.97 Å². The molecule has 1 aliphatic rings. The number of aliphatic carboxylic acids is 1. The van der Waals surface area contributed by atoms with Gasteiger partial charge in [0.1, 0.15) is 6.04 Å². The Balaban J connectivity index is 1.94. The minimum atomic E-state index is -0.743. The molecule has 2 unspecified atom stereocenters. The third-order valence-corrected chi connectivity index (χ3v) is 4.38. The van der Waals surface area contributed by atoms with Gasteiger partial charge in [-0.3, -0.25) is 4.79 Å². The molecule has 0 heterocycles. The van der Waals surface area contributed by atoms with E-state index in [1.807, 2.05) is 30.3 Å². The standard InChI is InChI=1S/C17H25NO2/c1-2-13-9-6-10-15(11-13)18-16(17(19)20)12-14-7-4-3-5-8-14/h3-5,7-8,13,15-16,18H,2,6,9-12H2,1H3,(H,19,20)/t13?,15?,16-/m0/s1. The predicted molar refractivity (Wildman–Crippen MR) is 80.7 cm³/mol. The van der Waals surface area contributed by atoms with E-state index in [1.165, 1.54) is 19.3 Å². The SMILES string of the molecule is CCC1CCCC(N[C@@H](Cc2ccccc2)C(=O)O)C1. The molecule has 0 bridgehead atoms. The van der Waals surface area contributed by atoms with Gasteiger partial charge in [0.15, 0.2) is 0 Å². The van der Waals surface area contributed by atoms with Gasteiger partial charge in [-0.05, 0) is 30.7 Å². The van der Waals surface area contributed by atoms with E-state index in [4.69, 9.17) is 0 Å². The van der Waals surface area contributed by atoms with Crippen molar-refractivity contribution >= 4 is 5.97 Å². The van der Waals surface area contributed by atoms with Crippen molar-refractivity contribution in [2.45, 2.75) is 57.5 Å². The van der Waals surface area contributed by atoms with Crippen LogP contribution in [-0.4, -0.2) is 23.2 Å². The third-order valence-electron chi connectivity index (χ3n) is 4.38. The first-order chi connectivity index (χ1) is 9.69. The zero-order valence-corrected chi connectivity index (χ0v) is 12.2. The molecule has 0 amide bonds. The second kappa shape index (κ2) is 7.44. The number of rotatable bonds is 6. The molecule has 3 heteroatoms. The molecule has 2 N–H and O–H groups in total. The summed E-state index contributed by atoms with van der Waals surface area (Å²) >= 11 is 0. The summed E-state index contributed by atoms with van der Waals surface area (Å²) < 4.78 is 0. The zero-order valence-electron chi connectivity index (χ0n) is 12.2. The molecule has 0 aromatic heterocycles. The first-order valence-corrected chi connectivity index (χ1v) is 7.71. The molecule has 1 aromatic rings. The van der Waals surface area contributed by atoms with Gasteiger partial charge in [0.05, 0.1) is 0 Å². The van der Waals surface area contributed by atoms with Crippen LogP contribution in [0.1, 0.15) is 44.6 Å². The first-order valence-electron chi connectivity index (χ1n) is 7.71. The van der Waals surface area contributed by atoms with Crippen molar-refractivity contribution in [2.75, 3.05) is 0 Å². The molecule has 0 radical (unpaired) electrons. The largest absolute Gasteiger partial charge is 0.480 e. The smallest absolute Gasteiger partial charge is 0.321 e. The maximum Gasteiger partial charge on any atom is 0.321 e. The average molecular weight is 275 g/mol. The van der Waals surface area contributed by atoms with Gasteiger partial charge in [-0.2, -0.15) is 0 Å². The van der Waals surface area contributed by atoms with E-state index >= 15 is 0 Å². The number of nitrogens with one attached hydrogen (secondary N) is 1. The lowest BCUT2D eigenvalue weighted by atomic mass is 9.84. The van der Waals surface area contributed by atoms with Crippen LogP contribution in [0.15, 0.2) is 30.3 Å². The molecular formula is C17H25NO2. The number of carbonyl (C=O) groups is 1. The Bertz CT molecular complexity index is 418. The highest BCUT2D eigenvalue weighted by Gasteiger charge is 2.26. The van der Waals surface area contributed by atoms with Crippen LogP contribution in [0.4, 0.5) is 0 Å². The Kier molecular flexibility index (Phi) is 5.60. The minimum absolute atomic E-state index is 0.360. The van der Waals surface area contributed by atoms with Crippen molar-refractivity contribution in [3.8, 4) is 0 Å². The Morgan fingerprint density at radius 3 is 2.75 bits per heavy atom. The monoisotopic (exact) mass is 275 g/mol. The Labute approximate surface area is 121 Å². The molecule has 2 rings (SSSR count). The number of hydrogen-bond acceptors (Lipinski definition) is 2. The number of carboxylic acids is 1. The molecule has 3 nitrogen and oxygen atoms in total.